The van der Waals surface area contributed by atoms with E-state index in [4.69, 9.17) is 26.8 Å². The van der Waals surface area contributed by atoms with Crippen molar-refractivity contribution in [2.24, 2.45) is 5.73 Å². The zero-order valence-corrected chi connectivity index (χ0v) is 10.8. The summed E-state index contributed by atoms with van der Waals surface area (Å²) in [7, 11) is 1.64. The van der Waals surface area contributed by atoms with Crippen molar-refractivity contribution in [3.05, 3.63) is 22.7 Å². The van der Waals surface area contributed by atoms with Gasteiger partial charge in [0.15, 0.2) is 0 Å². The lowest BCUT2D eigenvalue weighted by Crippen LogP contribution is -2.19. The first-order valence-electron chi connectivity index (χ1n) is 5.65. The van der Waals surface area contributed by atoms with E-state index in [2.05, 4.69) is 5.32 Å². The van der Waals surface area contributed by atoms with E-state index in [1.807, 2.05) is 0 Å². The van der Waals surface area contributed by atoms with Gasteiger partial charge in [0.05, 0.1) is 11.6 Å². The van der Waals surface area contributed by atoms with Crippen molar-refractivity contribution < 1.29 is 14.3 Å². The highest BCUT2D eigenvalue weighted by atomic mass is 35.5. The zero-order chi connectivity index (χ0) is 13.1. The summed E-state index contributed by atoms with van der Waals surface area (Å²) < 4.78 is 10.5. The summed E-state index contributed by atoms with van der Waals surface area (Å²) in [5, 5.41) is 3.15. The predicted molar refractivity (Wildman–Crippen MR) is 69.0 cm³/mol. The van der Waals surface area contributed by atoms with Gasteiger partial charge in [-0.3, -0.25) is 4.79 Å². The molecule has 18 heavy (non-hydrogen) atoms. The monoisotopic (exact) mass is 270 g/mol. The number of hydrogen-bond donors (Lipinski definition) is 2. The van der Waals surface area contributed by atoms with E-state index in [1.165, 1.54) is 0 Å². The van der Waals surface area contributed by atoms with Crippen molar-refractivity contribution in [1.29, 1.82) is 0 Å². The molecule has 0 aliphatic carbocycles. The van der Waals surface area contributed by atoms with Gasteiger partial charge in [0.25, 0.3) is 0 Å². The molecule has 0 saturated carbocycles. The molecule has 98 valence electrons. The van der Waals surface area contributed by atoms with Gasteiger partial charge in [-0.1, -0.05) is 11.6 Å². The van der Waals surface area contributed by atoms with Gasteiger partial charge in [0, 0.05) is 37.5 Å². The Bertz CT molecular complexity index is 465. The summed E-state index contributed by atoms with van der Waals surface area (Å²) >= 11 is 6.08. The molecule has 1 amide bonds. The Labute approximate surface area is 110 Å². The van der Waals surface area contributed by atoms with Gasteiger partial charge < -0.3 is 20.5 Å². The minimum Gasteiger partial charge on any atom is -0.492 e. The fourth-order valence-corrected chi connectivity index (χ4v) is 2.01. The van der Waals surface area contributed by atoms with Crippen LogP contribution in [0.25, 0.3) is 0 Å². The van der Waals surface area contributed by atoms with Gasteiger partial charge >= 0.3 is 0 Å². The Balaban J connectivity index is 2.10. The Hall–Kier alpha value is -1.30. The highest BCUT2D eigenvalue weighted by molar-refractivity contribution is 6.32. The molecule has 0 radical (unpaired) electrons. The quantitative estimate of drug-likeness (QED) is 0.799. The van der Waals surface area contributed by atoms with Crippen LogP contribution in [0, 0.1) is 0 Å². The van der Waals surface area contributed by atoms with E-state index < -0.39 is 6.04 Å². The van der Waals surface area contributed by atoms with Gasteiger partial charge in [-0.25, -0.2) is 0 Å². The molecule has 1 atom stereocenters. The van der Waals surface area contributed by atoms with Crippen LogP contribution in [-0.4, -0.2) is 26.2 Å². The van der Waals surface area contributed by atoms with Crippen molar-refractivity contribution in [2.45, 2.75) is 12.5 Å². The summed E-state index contributed by atoms with van der Waals surface area (Å²) in [6.07, 6.45) is 0.774. The molecule has 0 spiro atoms. The molecule has 1 aromatic carbocycles. The van der Waals surface area contributed by atoms with Crippen LogP contribution in [0.1, 0.15) is 18.0 Å². The van der Waals surface area contributed by atoms with Gasteiger partial charge in [0.2, 0.25) is 5.91 Å². The summed E-state index contributed by atoms with van der Waals surface area (Å²) in [4.78, 5) is 11.4. The fraction of sp³-hybridized carbons (Fsp3) is 0.417. The van der Waals surface area contributed by atoms with Gasteiger partial charge in [-0.05, 0) is 6.07 Å². The number of methoxy groups -OCH3 is 1. The molecule has 0 fully saturated rings. The first-order valence-corrected chi connectivity index (χ1v) is 6.03. The first kappa shape index (κ1) is 13.1. The van der Waals surface area contributed by atoms with Crippen molar-refractivity contribution in [3.63, 3.8) is 0 Å². The van der Waals surface area contributed by atoms with Crippen molar-refractivity contribution in [2.75, 3.05) is 25.6 Å². The second kappa shape index (κ2) is 5.56. The van der Waals surface area contributed by atoms with Crippen molar-refractivity contribution in [1.82, 2.24) is 0 Å². The number of amides is 1. The summed E-state index contributed by atoms with van der Waals surface area (Å²) in [6, 6.07) is 2.72. The van der Waals surface area contributed by atoms with Gasteiger partial charge in [0.1, 0.15) is 11.8 Å². The largest absolute Gasteiger partial charge is 0.492 e. The number of ether oxygens (including phenoxy) is 2. The number of carbonyl (C=O) groups excluding carboxylic acids is 1. The number of anilines is 1. The maximum Gasteiger partial charge on any atom is 0.245 e. The lowest BCUT2D eigenvalue weighted by atomic mass is 10.1. The second-order valence-electron chi connectivity index (χ2n) is 4.03. The number of fused-ring (bicyclic) bond motifs is 1. The smallest absolute Gasteiger partial charge is 0.245 e. The molecular formula is C12H15ClN2O3. The van der Waals surface area contributed by atoms with Gasteiger partial charge in [-0.2, -0.15) is 0 Å². The third-order valence-corrected chi connectivity index (χ3v) is 3.03. The number of nitrogens with two attached hydrogens (primary N) is 1. The Kier molecular flexibility index (Phi) is 4.06. The standard InChI is InChI=1S/C12H15ClN2O3/c1-17-3-2-4-18-10-6-9-7(5-8(10)13)11(14)12(16)15-9/h5-6,11H,2-4,14H2,1H3,(H,15,16). The maximum atomic E-state index is 11.4. The van der Waals surface area contributed by atoms with E-state index in [-0.39, 0.29) is 5.91 Å². The van der Waals surface area contributed by atoms with E-state index >= 15 is 0 Å². The van der Waals surface area contributed by atoms with Crippen LogP contribution in [0.2, 0.25) is 5.02 Å². The number of rotatable bonds is 5. The molecule has 1 aliphatic heterocycles. The third-order valence-electron chi connectivity index (χ3n) is 2.73. The van der Waals surface area contributed by atoms with E-state index in [0.717, 1.165) is 6.42 Å². The highest BCUT2D eigenvalue weighted by Crippen LogP contribution is 2.37. The molecule has 3 N–H and O–H groups in total. The topological polar surface area (TPSA) is 73.6 Å². The average Bonchev–Trinajstić information content (AvgIpc) is 2.61. The minimum atomic E-state index is -0.653. The summed E-state index contributed by atoms with van der Waals surface area (Å²) in [6.45, 7) is 1.14. The lowest BCUT2D eigenvalue weighted by molar-refractivity contribution is -0.116. The Morgan fingerprint density at radius 2 is 2.22 bits per heavy atom. The summed E-state index contributed by atoms with van der Waals surface area (Å²) in [5.74, 6) is 0.318. The van der Waals surface area contributed by atoms with Crippen LogP contribution in [0.3, 0.4) is 0 Å². The lowest BCUT2D eigenvalue weighted by Gasteiger charge is -2.10. The molecule has 5 nitrogen and oxygen atoms in total. The number of halogens is 1. The molecule has 1 heterocycles. The number of carbonyl (C=O) groups is 1. The average molecular weight is 271 g/mol. The van der Waals surface area contributed by atoms with E-state index in [9.17, 15) is 4.79 Å². The van der Waals surface area contributed by atoms with Gasteiger partial charge in [-0.15, -0.1) is 0 Å². The SMILES string of the molecule is COCCCOc1cc2c(cc1Cl)C(N)C(=O)N2. The predicted octanol–water partition coefficient (Wildman–Crippen LogP) is 1.71. The van der Waals surface area contributed by atoms with Crippen LogP contribution < -0.4 is 15.8 Å². The first-order chi connectivity index (χ1) is 8.63. The molecule has 1 aliphatic rings. The maximum absolute atomic E-state index is 11.4. The second-order valence-corrected chi connectivity index (χ2v) is 4.44. The molecule has 2 rings (SSSR count). The summed E-state index contributed by atoms with van der Waals surface area (Å²) in [5.41, 5.74) is 7.09. The molecular weight excluding hydrogens is 256 g/mol. The minimum absolute atomic E-state index is 0.224. The number of benzene rings is 1. The molecule has 6 heteroatoms. The van der Waals surface area contributed by atoms with Crippen LogP contribution in [0.15, 0.2) is 12.1 Å². The fourth-order valence-electron chi connectivity index (χ4n) is 1.78. The number of nitrogens with one attached hydrogen (secondary N) is 1. The van der Waals surface area contributed by atoms with E-state index in [0.29, 0.717) is 35.2 Å². The van der Waals surface area contributed by atoms with Crippen LogP contribution >= 0.6 is 11.6 Å². The highest BCUT2D eigenvalue weighted by Gasteiger charge is 2.28. The molecule has 1 aromatic rings. The Morgan fingerprint density at radius 3 is 2.94 bits per heavy atom. The van der Waals surface area contributed by atoms with Crippen molar-refractivity contribution >= 4 is 23.2 Å². The van der Waals surface area contributed by atoms with Crippen LogP contribution in [0.5, 0.6) is 5.75 Å². The molecule has 1 unspecified atom stereocenters. The van der Waals surface area contributed by atoms with Crippen LogP contribution in [0.4, 0.5) is 5.69 Å². The molecule has 0 aromatic heterocycles. The molecule has 0 saturated heterocycles. The Morgan fingerprint density at radius 1 is 1.44 bits per heavy atom. The third kappa shape index (κ3) is 2.58. The van der Waals surface area contributed by atoms with Crippen molar-refractivity contribution in [3.8, 4) is 5.75 Å². The van der Waals surface area contributed by atoms with Crippen LogP contribution in [-0.2, 0) is 9.53 Å². The normalized spacial score (nSPS) is 17.5. The van der Waals surface area contributed by atoms with E-state index in [1.54, 1.807) is 19.2 Å². The zero-order valence-electron chi connectivity index (χ0n) is 10.0. The number of hydrogen-bond acceptors (Lipinski definition) is 4. The molecule has 0 bridgehead atoms.